The highest BCUT2D eigenvalue weighted by Crippen LogP contribution is 2.23. The molecule has 0 spiro atoms. The zero-order valence-corrected chi connectivity index (χ0v) is 8.87. The summed E-state index contributed by atoms with van der Waals surface area (Å²) in [7, 11) is 1.59. The number of benzene rings is 1. The molecule has 6 heteroatoms. The predicted molar refractivity (Wildman–Crippen MR) is 59.9 cm³/mol. The van der Waals surface area contributed by atoms with Gasteiger partial charge in [-0.2, -0.15) is 0 Å². The van der Waals surface area contributed by atoms with Gasteiger partial charge in [-0.15, -0.1) is 10.2 Å². The first-order chi connectivity index (χ1) is 7.74. The predicted octanol–water partition coefficient (Wildman–Crippen LogP) is 0.310. The molecule has 0 fully saturated rings. The van der Waals surface area contributed by atoms with Crippen LogP contribution in [0.5, 0.6) is 0 Å². The molecule has 0 aliphatic carbocycles. The molecule has 0 bridgehead atoms. The second-order valence-corrected chi connectivity index (χ2v) is 3.31. The van der Waals surface area contributed by atoms with Gasteiger partial charge in [0.05, 0.1) is 0 Å². The minimum absolute atomic E-state index is 0.160. The highest BCUT2D eigenvalue weighted by Gasteiger charge is 2.20. The van der Waals surface area contributed by atoms with E-state index in [4.69, 9.17) is 16.3 Å². The number of hydrogen-bond acceptors (Lipinski definition) is 5. The maximum Gasteiger partial charge on any atom is 0.240 e. The molecule has 0 saturated carbocycles. The second-order valence-electron chi connectivity index (χ2n) is 3.31. The van der Waals surface area contributed by atoms with Crippen molar-refractivity contribution in [3.8, 4) is 0 Å². The zero-order valence-electron chi connectivity index (χ0n) is 8.87. The maximum atomic E-state index is 5.70. The molecule has 1 unspecified atom stereocenters. The van der Waals surface area contributed by atoms with Gasteiger partial charge in [0, 0.05) is 7.11 Å². The zero-order chi connectivity index (χ0) is 11.5. The fourth-order valence-electron chi connectivity index (χ4n) is 1.51. The van der Waals surface area contributed by atoms with Crippen LogP contribution in [0.2, 0.25) is 0 Å². The van der Waals surface area contributed by atoms with E-state index in [0.29, 0.717) is 5.82 Å². The van der Waals surface area contributed by atoms with Gasteiger partial charge in [0.2, 0.25) is 5.95 Å². The molecule has 1 aromatic carbocycles. The Balaban J connectivity index is 2.41. The third kappa shape index (κ3) is 1.70. The van der Waals surface area contributed by atoms with Gasteiger partial charge in [-0.1, -0.05) is 30.3 Å². The average molecular weight is 219 g/mol. The van der Waals surface area contributed by atoms with E-state index in [9.17, 15) is 0 Å². The Bertz CT molecular complexity index is 467. The minimum atomic E-state index is -0.365. The minimum Gasteiger partial charge on any atom is -0.369 e. The molecular formula is C10H13N5O. The van der Waals surface area contributed by atoms with Gasteiger partial charge >= 0.3 is 0 Å². The second kappa shape index (κ2) is 4.19. The lowest BCUT2D eigenvalue weighted by atomic mass is 10.1. The van der Waals surface area contributed by atoms with Crippen LogP contribution in [0.15, 0.2) is 30.3 Å². The van der Waals surface area contributed by atoms with Crippen LogP contribution in [-0.2, 0) is 4.74 Å². The molecule has 0 radical (unpaired) electrons. The highest BCUT2D eigenvalue weighted by atomic mass is 16.5. The van der Waals surface area contributed by atoms with Crippen LogP contribution in [0.25, 0.3) is 0 Å². The Morgan fingerprint density at radius 3 is 2.44 bits per heavy atom. The van der Waals surface area contributed by atoms with E-state index >= 15 is 0 Å². The van der Waals surface area contributed by atoms with Gasteiger partial charge in [0.15, 0.2) is 5.82 Å². The van der Waals surface area contributed by atoms with Gasteiger partial charge < -0.3 is 16.3 Å². The lowest BCUT2D eigenvalue weighted by molar-refractivity contribution is 0.127. The van der Waals surface area contributed by atoms with E-state index in [-0.39, 0.29) is 12.1 Å². The summed E-state index contributed by atoms with van der Waals surface area (Å²) in [5, 5.41) is 7.60. The number of methoxy groups -OCH3 is 1. The van der Waals surface area contributed by atoms with E-state index in [1.165, 1.54) is 4.68 Å². The summed E-state index contributed by atoms with van der Waals surface area (Å²) in [4.78, 5) is 0. The van der Waals surface area contributed by atoms with Crippen molar-refractivity contribution in [1.82, 2.24) is 14.9 Å². The summed E-state index contributed by atoms with van der Waals surface area (Å²) >= 11 is 0. The number of ether oxygens (including phenoxy) is 1. The van der Waals surface area contributed by atoms with Crippen molar-refractivity contribution in [3.63, 3.8) is 0 Å². The Morgan fingerprint density at radius 1 is 1.25 bits per heavy atom. The van der Waals surface area contributed by atoms with Crippen LogP contribution in [0.4, 0.5) is 5.95 Å². The molecule has 16 heavy (non-hydrogen) atoms. The Hall–Kier alpha value is -2.08. The summed E-state index contributed by atoms with van der Waals surface area (Å²) in [6.45, 7) is 0. The number of nitrogens with zero attached hydrogens (tertiary/aromatic N) is 3. The maximum absolute atomic E-state index is 5.70. The van der Waals surface area contributed by atoms with Gasteiger partial charge in [0.1, 0.15) is 6.10 Å². The Labute approximate surface area is 92.8 Å². The van der Waals surface area contributed by atoms with Gasteiger partial charge in [-0.05, 0) is 5.56 Å². The first-order valence-electron chi connectivity index (χ1n) is 4.77. The first-order valence-corrected chi connectivity index (χ1v) is 4.77. The van der Waals surface area contributed by atoms with Crippen molar-refractivity contribution in [2.75, 3.05) is 18.7 Å². The smallest absolute Gasteiger partial charge is 0.240 e. The molecule has 1 atom stereocenters. The number of nitrogen functional groups attached to an aromatic ring is 2. The molecule has 6 nitrogen and oxygen atoms in total. The van der Waals surface area contributed by atoms with Crippen LogP contribution < -0.4 is 11.6 Å². The van der Waals surface area contributed by atoms with Gasteiger partial charge in [0.25, 0.3) is 0 Å². The lowest BCUT2D eigenvalue weighted by Crippen LogP contribution is -2.19. The molecule has 2 rings (SSSR count). The Morgan fingerprint density at radius 2 is 1.94 bits per heavy atom. The van der Waals surface area contributed by atoms with Crippen molar-refractivity contribution in [1.29, 1.82) is 0 Å². The standard InChI is InChI=1S/C10H13N5O/c1-16-8(7-5-3-2-4-6-7)9-13-14-10(11)15(9)12/h2-6,8H,12H2,1H3,(H2,11,14). The van der Waals surface area contributed by atoms with E-state index in [1.807, 2.05) is 30.3 Å². The SMILES string of the molecule is COC(c1ccccc1)c1nnc(N)n1N. The number of anilines is 1. The van der Waals surface area contributed by atoms with E-state index < -0.39 is 0 Å². The number of hydrogen-bond donors (Lipinski definition) is 2. The normalized spacial score (nSPS) is 12.6. The quantitative estimate of drug-likeness (QED) is 0.725. The molecule has 0 saturated heterocycles. The lowest BCUT2D eigenvalue weighted by Gasteiger charge is -2.14. The molecule has 2 aromatic rings. The fraction of sp³-hybridized carbons (Fsp3) is 0.200. The summed E-state index contributed by atoms with van der Waals surface area (Å²) < 4.78 is 6.58. The van der Waals surface area contributed by atoms with E-state index in [0.717, 1.165) is 5.56 Å². The Kier molecular flexibility index (Phi) is 2.74. The van der Waals surface area contributed by atoms with Crippen LogP contribution >= 0.6 is 0 Å². The van der Waals surface area contributed by atoms with E-state index in [2.05, 4.69) is 10.2 Å². The first kappa shape index (κ1) is 10.4. The number of aromatic nitrogens is 3. The van der Waals surface area contributed by atoms with Crippen LogP contribution in [-0.4, -0.2) is 22.0 Å². The molecule has 1 heterocycles. The van der Waals surface area contributed by atoms with Gasteiger partial charge in [-0.3, -0.25) is 0 Å². The monoisotopic (exact) mass is 219 g/mol. The van der Waals surface area contributed by atoms with Crippen molar-refractivity contribution in [3.05, 3.63) is 41.7 Å². The third-order valence-electron chi connectivity index (χ3n) is 2.32. The average Bonchev–Trinajstić information content (AvgIpc) is 2.64. The molecule has 1 aromatic heterocycles. The van der Waals surface area contributed by atoms with Gasteiger partial charge in [-0.25, -0.2) is 4.68 Å². The molecule has 0 aliphatic rings. The van der Waals surface area contributed by atoms with Crippen molar-refractivity contribution in [2.24, 2.45) is 0 Å². The van der Waals surface area contributed by atoms with Crippen LogP contribution in [0.1, 0.15) is 17.5 Å². The molecule has 4 N–H and O–H groups in total. The molecule has 0 amide bonds. The number of nitrogens with two attached hydrogens (primary N) is 2. The summed E-state index contributed by atoms with van der Waals surface area (Å²) in [5.74, 6) is 6.34. The van der Waals surface area contributed by atoms with Crippen molar-refractivity contribution >= 4 is 5.95 Å². The van der Waals surface area contributed by atoms with Crippen LogP contribution in [0.3, 0.4) is 0 Å². The molecule has 0 aliphatic heterocycles. The summed E-state index contributed by atoms with van der Waals surface area (Å²) in [5.41, 5.74) is 6.47. The van der Waals surface area contributed by atoms with Crippen LogP contribution in [0, 0.1) is 0 Å². The molecular weight excluding hydrogens is 206 g/mol. The fourth-order valence-corrected chi connectivity index (χ4v) is 1.51. The van der Waals surface area contributed by atoms with Crippen molar-refractivity contribution < 1.29 is 4.74 Å². The summed E-state index contributed by atoms with van der Waals surface area (Å²) in [6.07, 6.45) is -0.365. The van der Waals surface area contributed by atoms with Crippen molar-refractivity contribution in [2.45, 2.75) is 6.10 Å². The summed E-state index contributed by atoms with van der Waals surface area (Å²) in [6, 6.07) is 9.62. The van der Waals surface area contributed by atoms with E-state index in [1.54, 1.807) is 7.11 Å². The highest BCUT2D eigenvalue weighted by molar-refractivity contribution is 5.26. The largest absolute Gasteiger partial charge is 0.369 e. The molecule has 84 valence electrons. The number of rotatable bonds is 3. The third-order valence-corrected chi connectivity index (χ3v) is 2.32. The topological polar surface area (TPSA) is 92.0 Å².